The van der Waals surface area contributed by atoms with Gasteiger partial charge in [0.25, 0.3) is 5.54 Å². The molecule has 1 N–H and O–H groups in total. The minimum atomic E-state index is -1.000. The van der Waals surface area contributed by atoms with Crippen LogP contribution in [0.4, 0.5) is 0 Å². The number of aliphatic hydroxyl groups excluding tert-OH is 1. The summed E-state index contributed by atoms with van der Waals surface area (Å²) < 4.78 is 1.06. The Labute approximate surface area is 108 Å². The van der Waals surface area contributed by atoms with Gasteiger partial charge in [-0.3, -0.25) is 4.79 Å². The highest BCUT2D eigenvalue weighted by Crippen LogP contribution is 2.18. The molecule has 16 heavy (non-hydrogen) atoms. The average Bonchev–Trinajstić information content (AvgIpc) is 2.29. The normalized spacial score (nSPS) is 13.9. The Morgan fingerprint density at radius 2 is 2.06 bits per heavy atom. The predicted octanol–water partition coefficient (Wildman–Crippen LogP) is 2.53. The Hall–Kier alpha value is -0.930. The molecule has 0 saturated heterocycles. The molecule has 1 atom stereocenters. The molecule has 84 valence electrons. The largest absolute Gasteiger partial charge is 0.388 e. The summed E-state index contributed by atoms with van der Waals surface area (Å²) in [5, 5.41) is 9.06. The highest BCUT2D eigenvalue weighted by molar-refractivity contribution is 14.1. The molecule has 0 heterocycles. The van der Waals surface area contributed by atoms with Crippen LogP contribution in [0.3, 0.4) is 0 Å². The molecule has 0 saturated carbocycles. The zero-order valence-corrected chi connectivity index (χ0v) is 11.1. The van der Waals surface area contributed by atoms with Crippen molar-refractivity contribution >= 4 is 28.4 Å². The van der Waals surface area contributed by atoms with Crippen LogP contribution in [0.15, 0.2) is 24.3 Å². The second kappa shape index (κ2) is 5.41. The third-order valence-corrected chi connectivity index (χ3v) is 3.04. The maximum Gasteiger partial charge on any atom is 0.259 e. The van der Waals surface area contributed by atoms with Gasteiger partial charge in [-0.1, -0.05) is 12.1 Å². The molecule has 0 spiro atoms. The fourth-order valence-corrected chi connectivity index (χ4v) is 1.57. The predicted molar refractivity (Wildman–Crippen MR) is 70.2 cm³/mol. The molecule has 1 aromatic carbocycles. The molecule has 0 aliphatic heterocycles. The van der Waals surface area contributed by atoms with Crippen molar-refractivity contribution in [2.75, 3.05) is 6.61 Å². The summed E-state index contributed by atoms with van der Waals surface area (Å²) in [5.74, 6) is -0.107. The molecule has 0 fully saturated rings. The minimum absolute atomic E-state index is 0.0492. The highest BCUT2D eigenvalue weighted by atomic mass is 127. The van der Waals surface area contributed by atoms with Crippen molar-refractivity contribution in [3.63, 3.8) is 0 Å². The lowest BCUT2D eigenvalue weighted by molar-refractivity contribution is 0.0942. The standard InChI is InChI=1S/C12H12INO2/c1-12(8-15,14-2)7-11(16)9-3-5-10(13)6-4-9/h3-6,15H,7-8H2,1H3. The number of hydrogen-bond acceptors (Lipinski definition) is 2. The zero-order chi connectivity index (χ0) is 12.2. The van der Waals surface area contributed by atoms with Crippen molar-refractivity contribution < 1.29 is 9.90 Å². The third kappa shape index (κ3) is 3.29. The van der Waals surface area contributed by atoms with Crippen molar-refractivity contribution in [3.8, 4) is 0 Å². The Morgan fingerprint density at radius 1 is 1.50 bits per heavy atom. The van der Waals surface area contributed by atoms with Gasteiger partial charge in [-0.2, -0.15) is 0 Å². The van der Waals surface area contributed by atoms with Crippen LogP contribution >= 0.6 is 22.6 Å². The first-order valence-electron chi connectivity index (χ1n) is 4.79. The number of nitrogens with zero attached hydrogens (tertiary/aromatic N) is 1. The Bertz CT molecular complexity index is 422. The van der Waals surface area contributed by atoms with Crippen LogP contribution in [-0.2, 0) is 0 Å². The molecule has 0 aliphatic carbocycles. The lowest BCUT2D eigenvalue weighted by atomic mass is 9.94. The summed E-state index contributed by atoms with van der Waals surface area (Å²) in [7, 11) is 0. The number of hydrogen-bond donors (Lipinski definition) is 1. The number of ketones is 1. The van der Waals surface area contributed by atoms with Gasteiger partial charge in [-0.15, -0.1) is 0 Å². The van der Waals surface area contributed by atoms with E-state index in [2.05, 4.69) is 27.4 Å². The summed E-state index contributed by atoms with van der Waals surface area (Å²) >= 11 is 2.16. The lowest BCUT2D eigenvalue weighted by Gasteiger charge is -2.12. The SMILES string of the molecule is [C-]#[N+]C(C)(CO)CC(=O)c1ccc(I)cc1. The fraction of sp³-hybridized carbons (Fsp3) is 0.333. The zero-order valence-electron chi connectivity index (χ0n) is 8.90. The Kier molecular flexibility index (Phi) is 4.44. The molecule has 1 aromatic rings. The van der Waals surface area contributed by atoms with Crippen LogP contribution in [0, 0.1) is 10.1 Å². The molecule has 0 amide bonds. The average molecular weight is 329 g/mol. The maximum absolute atomic E-state index is 11.8. The summed E-state index contributed by atoms with van der Waals surface area (Å²) in [5.41, 5.74) is -0.413. The number of halogens is 1. The monoisotopic (exact) mass is 329 g/mol. The second-order valence-electron chi connectivity index (χ2n) is 3.87. The topological polar surface area (TPSA) is 41.7 Å². The van der Waals surface area contributed by atoms with E-state index in [1.54, 1.807) is 19.1 Å². The van der Waals surface area contributed by atoms with E-state index in [0.29, 0.717) is 5.56 Å². The van der Waals surface area contributed by atoms with Crippen molar-refractivity contribution in [1.82, 2.24) is 0 Å². The molecule has 0 aliphatic rings. The first-order chi connectivity index (χ1) is 7.50. The number of carbonyl (C=O) groups is 1. The van der Waals surface area contributed by atoms with E-state index in [4.69, 9.17) is 11.7 Å². The van der Waals surface area contributed by atoms with Crippen LogP contribution < -0.4 is 0 Å². The lowest BCUT2D eigenvalue weighted by Crippen LogP contribution is -2.28. The van der Waals surface area contributed by atoms with Crippen LogP contribution in [0.2, 0.25) is 0 Å². The maximum atomic E-state index is 11.8. The third-order valence-electron chi connectivity index (χ3n) is 2.32. The summed E-state index contributed by atoms with van der Waals surface area (Å²) in [6.07, 6.45) is 0.0492. The quantitative estimate of drug-likeness (QED) is 0.524. The summed E-state index contributed by atoms with van der Waals surface area (Å²) in [6, 6.07) is 7.18. The van der Waals surface area contributed by atoms with Crippen LogP contribution in [0.25, 0.3) is 4.85 Å². The molecular formula is C12H12INO2. The van der Waals surface area contributed by atoms with Gasteiger partial charge in [0, 0.05) is 16.1 Å². The van der Waals surface area contributed by atoms with E-state index in [1.165, 1.54) is 0 Å². The Balaban J connectivity index is 2.81. The number of rotatable bonds is 4. The van der Waals surface area contributed by atoms with Gasteiger partial charge in [0.2, 0.25) is 0 Å². The van der Waals surface area contributed by atoms with Gasteiger partial charge in [0.15, 0.2) is 5.78 Å². The number of aliphatic hydroxyl groups is 1. The molecule has 1 unspecified atom stereocenters. The second-order valence-corrected chi connectivity index (χ2v) is 5.12. The van der Waals surface area contributed by atoms with Gasteiger partial charge in [-0.25, -0.2) is 6.57 Å². The van der Waals surface area contributed by atoms with Crippen molar-refractivity contribution in [2.45, 2.75) is 18.9 Å². The molecular weight excluding hydrogens is 317 g/mol. The van der Waals surface area contributed by atoms with E-state index in [9.17, 15) is 4.79 Å². The van der Waals surface area contributed by atoms with Crippen LogP contribution in [0.5, 0.6) is 0 Å². The van der Waals surface area contributed by atoms with E-state index >= 15 is 0 Å². The molecule has 3 nitrogen and oxygen atoms in total. The number of carbonyl (C=O) groups excluding carboxylic acids is 1. The van der Waals surface area contributed by atoms with Crippen LogP contribution in [-0.4, -0.2) is 23.0 Å². The first-order valence-corrected chi connectivity index (χ1v) is 5.87. The molecule has 1 rings (SSSR count). The highest BCUT2D eigenvalue weighted by Gasteiger charge is 2.32. The van der Waals surface area contributed by atoms with Crippen molar-refractivity contribution in [2.24, 2.45) is 0 Å². The minimum Gasteiger partial charge on any atom is -0.388 e. The number of benzene rings is 1. The van der Waals surface area contributed by atoms with Crippen molar-refractivity contribution in [1.29, 1.82) is 0 Å². The van der Waals surface area contributed by atoms with Crippen LogP contribution in [0.1, 0.15) is 23.7 Å². The molecule has 0 bridgehead atoms. The molecule has 4 heteroatoms. The number of Topliss-reactive ketones (excluding diaryl/α,β-unsaturated/α-hetero) is 1. The van der Waals surface area contributed by atoms with Crippen molar-refractivity contribution in [3.05, 3.63) is 44.8 Å². The van der Waals surface area contributed by atoms with Gasteiger partial charge in [0.05, 0.1) is 6.42 Å². The Morgan fingerprint density at radius 3 is 2.50 bits per heavy atom. The fourth-order valence-electron chi connectivity index (χ4n) is 1.21. The first kappa shape index (κ1) is 13.1. The van der Waals surface area contributed by atoms with Gasteiger partial charge < -0.3 is 9.95 Å². The van der Waals surface area contributed by atoms with E-state index in [1.807, 2.05) is 12.1 Å². The molecule has 0 aromatic heterocycles. The summed E-state index contributed by atoms with van der Waals surface area (Å²) in [4.78, 5) is 15.1. The van der Waals surface area contributed by atoms with Gasteiger partial charge in [0.1, 0.15) is 6.61 Å². The summed E-state index contributed by atoms with van der Waals surface area (Å²) in [6.45, 7) is 8.25. The van der Waals surface area contributed by atoms with E-state index in [0.717, 1.165) is 3.57 Å². The van der Waals surface area contributed by atoms with E-state index in [-0.39, 0.29) is 18.8 Å². The van der Waals surface area contributed by atoms with Gasteiger partial charge in [-0.05, 0) is 34.7 Å². The van der Waals surface area contributed by atoms with E-state index < -0.39 is 5.54 Å². The smallest absolute Gasteiger partial charge is 0.259 e. The molecule has 0 radical (unpaired) electrons. The van der Waals surface area contributed by atoms with Gasteiger partial charge >= 0.3 is 0 Å².